The Balaban J connectivity index is 3.00. The minimum atomic E-state index is -4.32. The van der Waals surface area contributed by atoms with Crippen LogP contribution in [0.4, 0.5) is 13.2 Å². The molecule has 0 atom stereocenters. The van der Waals surface area contributed by atoms with Crippen molar-refractivity contribution in [3.05, 3.63) is 41.1 Å². The summed E-state index contributed by atoms with van der Waals surface area (Å²) in [5.41, 5.74) is 1.16. The van der Waals surface area contributed by atoms with E-state index in [-0.39, 0.29) is 5.39 Å². The van der Waals surface area contributed by atoms with E-state index >= 15 is 0 Å². The molecule has 0 amide bonds. The van der Waals surface area contributed by atoms with E-state index in [2.05, 4.69) is 0 Å². The smallest absolute Gasteiger partial charge is 0.198 e. The van der Waals surface area contributed by atoms with Gasteiger partial charge in [0, 0.05) is 18.1 Å². The summed E-state index contributed by atoms with van der Waals surface area (Å²) in [6.07, 6.45) is -3.74. The van der Waals surface area contributed by atoms with Gasteiger partial charge in [-0.15, -0.1) is 0 Å². The minimum Gasteiger partial charge on any atom is -0.198 e. The SMILES string of the molecule is CCc1c(C)c(C(F)(F)F)c2ccccc2[n+]1C. The largest absolute Gasteiger partial charge is 0.417 e. The van der Waals surface area contributed by atoms with E-state index in [0.29, 0.717) is 17.5 Å². The molecule has 1 nitrogen and oxygen atoms in total. The molecule has 0 saturated carbocycles. The van der Waals surface area contributed by atoms with Crippen LogP contribution in [0.1, 0.15) is 23.7 Å². The quantitative estimate of drug-likeness (QED) is 0.685. The van der Waals surface area contributed by atoms with Gasteiger partial charge in [-0.1, -0.05) is 19.1 Å². The summed E-state index contributed by atoms with van der Waals surface area (Å²) in [6, 6.07) is 6.66. The summed E-state index contributed by atoms with van der Waals surface area (Å²) < 4.78 is 41.5. The summed E-state index contributed by atoms with van der Waals surface area (Å²) in [5.74, 6) is 0. The topological polar surface area (TPSA) is 3.88 Å². The van der Waals surface area contributed by atoms with Gasteiger partial charge in [0.05, 0.1) is 10.9 Å². The molecule has 96 valence electrons. The molecule has 0 aliphatic heterocycles. The van der Waals surface area contributed by atoms with Gasteiger partial charge in [0.15, 0.2) is 5.69 Å². The van der Waals surface area contributed by atoms with Crippen LogP contribution in [-0.2, 0) is 19.6 Å². The van der Waals surface area contributed by atoms with E-state index in [1.54, 1.807) is 25.1 Å². The van der Waals surface area contributed by atoms with Crippen molar-refractivity contribution in [2.45, 2.75) is 26.4 Å². The van der Waals surface area contributed by atoms with Gasteiger partial charge in [-0.25, -0.2) is 0 Å². The highest BCUT2D eigenvalue weighted by atomic mass is 19.4. The Bertz CT molecular complexity index is 600. The molecule has 0 aliphatic carbocycles. The summed E-state index contributed by atoms with van der Waals surface area (Å²) >= 11 is 0. The van der Waals surface area contributed by atoms with E-state index in [1.807, 2.05) is 18.5 Å². The van der Waals surface area contributed by atoms with Crippen molar-refractivity contribution in [2.75, 3.05) is 0 Å². The molecule has 0 bridgehead atoms. The molecule has 0 saturated heterocycles. The van der Waals surface area contributed by atoms with Crippen molar-refractivity contribution in [1.29, 1.82) is 0 Å². The summed E-state index contributed by atoms with van der Waals surface area (Å²) in [7, 11) is 1.81. The second-order valence-electron chi connectivity index (χ2n) is 4.37. The number of fused-ring (bicyclic) bond motifs is 1. The van der Waals surface area contributed by atoms with E-state index in [9.17, 15) is 13.2 Å². The van der Waals surface area contributed by atoms with Crippen LogP contribution in [0.5, 0.6) is 0 Å². The van der Waals surface area contributed by atoms with Gasteiger partial charge < -0.3 is 0 Å². The normalized spacial score (nSPS) is 12.1. The molecule has 0 unspecified atom stereocenters. The average Bonchev–Trinajstić information content (AvgIpc) is 2.28. The van der Waals surface area contributed by atoms with Gasteiger partial charge in [0.25, 0.3) is 0 Å². The Hall–Kier alpha value is -1.58. The monoisotopic (exact) mass is 254 g/mol. The van der Waals surface area contributed by atoms with E-state index in [1.165, 1.54) is 6.07 Å². The van der Waals surface area contributed by atoms with Crippen LogP contribution in [-0.4, -0.2) is 0 Å². The Morgan fingerprint density at radius 1 is 1.17 bits per heavy atom. The number of pyridine rings is 1. The molecule has 1 heterocycles. The van der Waals surface area contributed by atoms with Gasteiger partial charge in [0.1, 0.15) is 7.05 Å². The third kappa shape index (κ3) is 1.85. The third-order valence-electron chi connectivity index (χ3n) is 3.37. The van der Waals surface area contributed by atoms with Gasteiger partial charge in [-0.3, -0.25) is 0 Å². The van der Waals surface area contributed by atoms with Gasteiger partial charge >= 0.3 is 6.18 Å². The number of hydrogen-bond acceptors (Lipinski definition) is 0. The lowest BCUT2D eigenvalue weighted by atomic mass is 9.99. The van der Waals surface area contributed by atoms with Crippen LogP contribution >= 0.6 is 0 Å². The van der Waals surface area contributed by atoms with Crippen molar-refractivity contribution in [3.8, 4) is 0 Å². The highest BCUT2D eigenvalue weighted by molar-refractivity contribution is 5.81. The first kappa shape index (κ1) is 12.9. The molecule has 1 aromatic carbocycles. The van der Waals surface area contributed by atoms with Gasteiger partial charge in [-0.2, -0.15) is 17.7 Å². The molecule has 0 fully saturated rings. The van der Waals surface area contributed by atoms with Gasteiger partial charge in [-0.05, 0) is 13.0 Å². The van der Waals surface area contributed by atoms with E-state index in [4.69, 9.17) is 0 Å². The zero-order chi connectivity index (χ0) is 13.5. The second-order valence-corrected chi connectivity index (χ2v) is 4.37. The Morgan fingerprint density at radius 3 is 2.33 bits per heavy atom. The Morgan fingerprint density at radius 2 is 1.78 bits per heavy atom. The number of benzene rings is 1. The molecular weight excluding hydrogens is 239 g/mol. The fourth-order valence-corrected chi connectivity index (χ4v) is 2.59. The standard InChI is InChI=1S/C14H15F3N/c1-4-11-9(2)13(14(15,16)17)10-7-5-6-8-12(10)18(11)3/h5-8H,4H2,1-3H3/q+1. The molecular formula is C14H15F3N+. The predicted molar refractivity (Wildman–Crippen MR) is 64.2 cm³/mol. The van der Waals surface area contributed by atoms with Crippen molar-refractivity contribution in [3.63, 3.8) is 0 Å². The third-order valence-corrected chi connectivity index (χ3v) is 3.37. The van der Waals surface area contributed by atoms with Gasteiger partial charge in [0.2, 0.25) is 5.52 Å². The Kier molecular flexibility index (Phi) is 3.05. The maximum Gasteiger partial charge on any atom is 0.417 e. The molecule has 1 aromatic heterocycles. The average molecular weight is 254 g/mol. The fraction of sp³-hybridized carbons (Fsp3) is 0.357. The number of rotatable bonds is 1. The first-order chi connectivity index (χ1) is 8.38. The number of halogens is 3. The van der Waals surface area contributed by atoms with Crippen molar-refractivity contribution in [2.24, 2.45) is 7.05 Å². The molecule has 2 rings (SSSR count). The second kappa shape index (κ2) is 4.26. The molecule has 18 heavy (non-hydrogen) atoms. The molecule has 0 N–H and O–H groups in total. The van der Waals surface area contributed by atoms with Crippen LogP contribution in [0.25, 0.3) is 10.9 Å². The van der Waals surface area contributed by atoms with Crippen molar-refractivity contribution >= 4 is 10.9 Å². The number of hydrogen-bond donors (Lipinski definition) is 0. The van der Waals surface area contributed by atoms with Crippen LogP contribution < -0.4 is 4.57 Å². The van der Waals surface area contributed by atoms with Crippen LogP contribution in [0.3, 0.4) is 0 Å². The van der Waals surface area contributed by atoms with E-state index < -0.39 is 11.7 Å². The number of aromatic nitrogens is 1. The van der Waals surface area contributed by atoms with E-state index in [0.717, 1.165) is 5.69 Å². The molecule has 2 aromatic rings. The molecule has 4 heteroatoms. The highest BCUT2D eigenvalue weighted by Crippen LogP contribution is 2.37. The summed E-state index contributed by atoms with van der Waals surface area (Å²) in [6.45, 7) is 3.42. The number of nitrogens with zero attached hydrogens (tertiary/aromatic N) is 1. The van der Waals surface area contributed by atoms with Crippen LogP contribution in [0.2, 0.25) is 0 Å². The molecule has 0 spiro atoms. The van der Waals surface area contributed by atoms with Crippen LogP contribution in [0.15, 0.2) is 24.3 Å². The first-order valence-corrected chi connectivity index (χ1v) is 5.85. The Labute approximate surface area is 104 Å². The number of para-hydroxylation sites is 1. The zero-order valence-corrected chi connectivity index (χ0v) is 10.6. The number of alkyl halides is 3. The maximum absolute atomic E-state index is 13.2. The summed E-state index contributed by atoms with van der Waals surface area (Å²) in [4.78, 5) is 0. The maximum atomic E-state index is 13.2. The predicted octanol–water partition coefficient (Wildman–Crippen LogP) is 3.55. The molecule has 0 radical (unpaired) electrons. The summed E-state index contributed by atoms with van der Waals surface area (Å²) in [5, 5.41) is 0.266. The molecule has 0 aliphatic rings. The highest BCUT2D eigenvalue weighted by Gasteiger charge is 2.38. The minimum absolute atomic E-state index is 0.266. The first-order valence-electron chi connectivity index (χ1n) is 5.85. The van der Waals surface area contributed by atoms with Crippen molar-refractivity contribution < 1.29 is 17.7 Å². The van der Waals surface area contributed by atoms with Crippen LogP contribution in [0, 0.1) is 6.92 Å². The number of aryl methyl sites for hydroxylation is 1. The fourth-order valence-electron chi connectivity index (χ4n) is 2.59. The lowest BCUT2D eigenvalue weighted by Gasteiger charge is -2.15. The lowest BCUT2D eigenvalue weighted by Crippen LogP contribution is -2.37. The van der Waals surface area contributed by atoms with Crippen molar-refractivity contribution in [1.82, 2.24) is 0 Å². The lowest BCUT2D eigenvalue weighted by molar-refractivity contribution is -0.653. The zero-order valence-electron chi connectivity index (χ0n) is 10.6.